The SMILES string of the molecule is CCc1cc(C[C@@H](OC(=O)N2CCC(n3c(=O)[nH]c4ccccc43)CC2)C(=O)N2CCN(C3CC4CCC(C3)N4C)CC2)cc(Cl)c1N. The van der Waals surface area contributed by atoms with Gasteiger partial charge in [-0.3, -0.25) is 14.3 Å². The Balaban J connectivity index is 1.02. The maximum Gasteiger partial charge on any atom is 0.410 e. The molecule has 11 nitrogen and oxygen atoms in total. The highest BCUT2D eigenvalue weighted by Gasteiger charge is 2.42. The molecule has 258 valence electrons. The van der Waals surface area contributed by atoms with Crippen LogP contribution in [0.5, 0.6) is 0 Å². The molecular formula is C36H48ClN7O4. The lowest BCUT2D eigenvalue weighted by molar-refractivity contribution is -0.143. The minimum absolute atomic E-state index is 0.0319. The fraction of sp³-hybridized carbons (Fsp3) is 0.583. The molecule has 4 fully saturated rings. The highest BCUT2D eigenvalue weighted by atomic mass is 35.5. The fourth-order valence-electron chi connectivity index (χ4n) is 8.67. The molecule has 4 saturated heterocycles. The van der Waals surface area contributed by atoms with Gasteiger partial charge in [0, 0.05) is 69.9 Å². The van der Waals surface area contributed by atoms with Crippen molar-refractivity contribution in [3.8, 4) is 0 Å². The third-order valence-corrected chi connectivity index (χ3v) is 11.8. The summed E-state index contributed by atoms with van der Waals surface area (Å²) in [6, 6.07) is 13.3. The molecule has 2 bridgehead atoms. The molecule has 0 aliphatic carbocycles. The summed E-state index contributed by atoms with van der Waals surface area (Å²) >= 11 is 6.49. The third-order valence-electron chi connectivity index (χ3n) is 11.5. The summed E-state index contributed by atoms with van der Waals surface area (Å²) in [5.41, 5.74) is 10.0. The normalized spacial score (nSPS) is 24.7. The van der Waals surface area contributed by atoms with E-state index in [1.165, 1.54) is 25.7 Å². The quantitative estimate of drug-likeness (QED) is 0.358. The number of amides is 2. The molecule has 48 heavy (non-hydrogen) atoms. The highest BCUT2D eigenvalue weighted by Crippen LogP contribution is 2.36. The first-order chi connectivity index (χ1) is 23.2. The molecule has 2 amide bonds. The van der Waals surface area contributed by atoms with E-state index in [-0.39, 0.29) is 24.1 Å². The number of ether oxygens (including phenoxy) is 1. The van der Waals surface area contributed by atoms with E-state index in [4.69, 9.17) is 22.1 Å². The van der Waals surface area contributed by atoms with Crippen molar-refractivity contribution in [2.45, 2.75) is 88.6 Å². The number of aromatic amines is 1. The number of anilines is 1. The number of likely N-dealkylation sites (tertiary alicyclic amines) is 1. The van der Waals surface area contributed by atoms with Crippen LogP contribution in [0.3, 0.4) is 0 Å². The van der Waals surface area contributed by atoms with Crippen LogP contribution in [0.25, 0.3) is 11.0 Å². The number of piperazine rings is 1. The Labute approximate surface area is 286 Å². The molecule has 5 heterocycles. The van der Waals surface area contributed by atoms with Gasteiger partial charge in [-0.25, -0.2) is 9.59 Å². The largest absolute Gasteiger partial charge is 0.436 e. The van der Waals surface area contributed by atoms with E-state index in [9.17, 15) is 14.4 Å². The van der Waals surface area contributed by atoms with E-state index in [1.807, 2.05) is 42.2 Å². The standard InChI is InChI=1S/C36H48ClN7O4/c1-3-24-18-23(19-29(37)33(24)38)20-32(34(45)42-16-14-41(15-17-42)28-21-26-8-9-27(22-28)40(26)2)48-36(47)43-12-10-25(11-13-43)44-31-7-5-4-6-30(31)39-35(44)46/h4-7,18-19,25-28,32H,3,8-17,20-22,38H2,1-2H3,(H,39,46)/t26?,27?,28?,32-/m1/s1. The number of nitrogens with zero attached hydrogens (tertiary/aromatic N) is 5. The van der Waals surface area contributed by atoms with Gasteiger partial charge in [0.15, 0.2) is 6.10 Å². The number of para-hydroxylation sites is 2. The zero-order valence-electron chi connectivity index (χ0n) is 28.1. The maximum absolute atomic E-state index is 14.1. The molecule has 0 radical (unpaired) electrons. The number of nitrogens with two attached hydrogens (primary N) is 1. The first-order valence-corrected chi connectivity index (χ1v) is 18.0. The van der Waals surface area contributed by atoms with Crippen LogP contribution in [0.15, 0.2) is 41.2 Å². The average Bonchev–Trinajstić information content (AvgIpc) is 3.52. The number of rotatable bonds is 7. The van der Waals surface area contributed by atoms with E-state index in [1.54, 1.807) is 15.5 Å². The molecule has 2 unspecified atom stereocenters. The van der Waals surface area contributed by atoms with Gasteiger partial charge < -0.3 is 30.2 Å². The van der Waals surface area contributed by atoms with Crippen LogP contribution >= 0.6 is 11.6 Å². The van der Waals surface area contributed by atoms with E-state index in [0.29, 0.717) is 74.3 Å². The van der Waals surface area contributed by atoms with Gasteiger partial charge in [0.1, 0.15) is 0 Å². The van der Waals surface area contributed by atoms with Crippen molar-refractivity contribution in [3.05, 3.63) is 63.0 Å². The Morgan fingerprint density at radius 1 is 0.938 bits per heavy atom. The number of carbonyl (C=O) groups is 2. The van der Waals surface area contributed by atoms with E-state index in [0.717, 1.165) is 35.2 Å². The number of benzene rings is 2. The number of carbonyl (C=O) groups excluding carboxylic acids is 2. The number of nitrogens with one attached hydrogen (secondary N) is 1. The van der Waals surface area contributed by atoms with E-state index < -0.39 is 12.2 Å². The fourth-order valence-corrected chi connectivity index (χ4v) is 8.93. The smallest absolute Gasteiger partial charge is 0.410 e. The minimum Gasteiger partial charge on any atom is -0.436 e. The predicted octanol–water partition coefficient (Wildman–Crippen LogP) is 4.28. The van der Waals surface area contributed by atoms with Crippen LogP contribution in [0.2, 0.25) is 5.02 Å². The molecule has 3 aromatic rings. The van der Waals surface area contributed by atoms with Gasteiger partial charge in [0.2, 0.25) is 0 Å². The summed E-state index contributed by atoms with van der Waals surface area (Å²) < 4.78 is 7.89. The van der Waals surface area contributed by atoms with Gasteiger partial charge in [-0.2, -0.15) is 0 Å². The molecule has 0 spiro atoms. The summed E-state index contributed by atoms with van der Waals surface area (Å²) in [4.78, 5) is 52.2. The molecule has 12 heteroatoms. The van der Waals surface area contributed by atoms with Crippen LogP contribution in [0.4, 0.5) is 10.5 Å². The van der Waals surface area contributed by atoms with Crippen LogP contribution < -0.4 is 11.4 Å². The number of piperidine rings is 2. The summed E-state index contributed by atoms with van der Waals surface area (Å²) in [6.07, 6.45) is 5.64. The second kappa shape index (κ2) is 13.8. The lowest BCUT2D eigenvalue weighted by Gasteiger charge is -2.45. The number of aromatic nitrogens is 2. The summed E-state index contributed by atoms with van der Waals surface area (Å²) in [5, 5.41) is 0.442. The summed E-state index contributed by atoms with van der Waals surface area (Å²) in [7, 11) is 2.27. The second-order valence-electron chi connectivity index (χ2n) is 14.2. The van der Waals surface area contributed by atoms with Crippen LogP contribution in [-0.2, 0) is 22.4 Å². The maximum atomic E-state index is 14.1. The number of imidazole rings is 1. The van der Waals surface area contributed by atoms with Crippen LogP contribution in [0, 0.1) is 0 Å². The van der Waals surface area contributed by atoms with Crippen molar-refractivity contribution in [2.75, 3.05) is 52.0 Å². The van der Waals surface area contributed by atoms with E-state index in [2.05, 4.69) is 21.8 Å². The molecule has 3 N–H and O–H groups in total. The number of hydrogen-bond acceptors (Lipinski definition) is 7. The molecule has 4 aliphatic heterocycles. The molecule has 7 rings (SSSR count). The Morgan fingerprint density at radius 2 is 1.62 bits per heavy atom. The van der Waals surface area contributed by atoms with Crippen LogP contribution in [0.1, 0.15) is 62.6 Å². The van der Waals surface area contributed by atoms with Crippen molar-refractivity contribution in [1.82, 2.24) is 29.2 Å². The van der Waals surface area contributed by atoms with Gasteiger partial charge in [-0.05, 0) is 81.3 Å². The zero-order valence-corrected chi connectivity index (χ0v) is 28.8. The topological polar surface area (TPSA) is 120 Å². The van der Waals surface area contributed by atoms with E-state index >= 15 is 0 Å². The highest BCUT2D eigenvalue weighted by molar-refractivity contribution is 6.33. The average molecular weight is 678 g/mol. The van der Waals surface area contributed by atoms with Gasteiger partial charge in [-0.1, -0.05) is 36.7 Å². The molecule has 0 saturated carbocycles. The van der Waals surface area contributed by atoms with Crippen LogP contribution in [-0.4, -0.2) is 112 Å². The summed E-state index contributed by atoms with van der Waals surface area (Å²) in [5.74, 6) is -0.169. The third kappa shape index (κ3) is 6.44. The lowest BCUT2D eigenvalue weighted by atomic mass is 9.96. The Hall–Kier alpha value is -3.54. The van der Waals surface area contributed by atoms with Crippen molar-refractivity contribution in [1.29, 1.82) is 0 Å². The molecule has 2 aromatic carbocycles. The van der Waals surface area contributed by atoms with Gasteiger partial charge in [0.05, 0.1) is 21.7 Å². The van der Waals surface area contributed by atoms with Gasteiger partial charge >= 0.3 is 11.8 Å². The second-order valence-corrected chi connectivity index (χ2v) is 14.6. The molecule has 1 aromatic heterocycles. The molecule has 4 aliphatic rings. The lowest BCUT2D eigenvalue weighted by Crippen LogP contribution is -2.57. The number of halogens is 1. The van der Waals surface area contributed by atoms with Gasteiger partial charge in [-0.15, -0.1) is 0 Å². The van der Waals surface area contributed by atoms with Crippen molar-refractivity contribution in [3.63, 3.8) is 0 Å². The zero-order chi connectivity index (χ0) is 33.5. The Kier molecular flexibility index (Phi) is 9.45. The van der Waals surface area contributed by atoms with Crippen molar-refractivity contribution >= 4 is 40.3 Å². The number of hydrogen-bond donors (Lipinski definition) is 2. The predicted molar refractivity (Wildman–Crippen MR) is 187 cm³/mol. The first kappa shape index (κ1) is 33.0. The Morgan fingerprint density at radius 3 is 2.31 bits per heavy atom. The number of H-pyrrole nitrogens is 1. The monoisotopic (exact) mass is 677 g/mol. The number of fused-ring (bicyclic) bond motifs is 3. The number of aryl methyl sites for hydroxylation is 1. The van der Waals surface area contributed by atoms with Crippen molar-refractivity contribution < 1.29 is 14.3 Å². The molecular weight excluding hydrogens is 630 g/mol. The summed E-state index contributed by atoms with van der Waals surface area (Å²) in [6.45, 7) is 5.76. The molecule has 3 atom stereocenters. The first-order valence-electron chi connectivity index (χ1n) is 17.7. The van der Waals surface area contributed by atoms with Gasteiger partial charge in [0.25, 0.3) is 5.91 Å². The minimum atomic E-state index is -0.985. The number of nitrogen functional groups attached to an aromatic ring is 1. The Bertz CT molecular complexity index is 1690. The van der Waals surface area contributed by atoms with Crippen molar-refractivity contribution in [2.24, 2.45) is 0 Å².